The molecule has 5 rings (SSSR count). The Balaban J connectivity index is 1.54. The number of carboxylic acids is 1. The van der Waals surface area contributed by atoms with Crippen molar-refractivity contribution in [1.82, 2.24) is 14.9 Å². The Morgan fingerprint density at radius 1 is 1.13 bits per heavy atom. The van der Waals surface area contributed by atoms with Gasteiger partial charge in [0.2, 0.25) is 0 Å². The fourth-order valence-corrected chi connectivity index (χ4v) is 5.53. The van der Waals surface area contributed by atoms with E-state index in [1.807, 2.05) is 27.7 Å². The van der Waals surface area contributed by atoms with E-state index >= 15 is 0 Å². The predicted octanol–water partition coefficient (Wildman–Crippen LogP) is 6.39. The lowest BCUT2D eigenvalue weighted by molar-refractivity contribution is -0.160. The molecule has 1 aliphatic rings. The number of aliphatic carboxylic acids is 1. The van der Waals surface area contributed by atoms with Crippen molar-refractivity contribution < 1.29 is 14.6 Å². The van der Waals surface area contributed by atoms with Crippen molar-refractivity contribution in [3.8, 4) is 11.1 Å². The summed E-state index contributed by atoms with van der Waals surface area (Å²) in [6, 6.07) is 16.8. The van der Waals surface area contributed by atoms with Crippen LogP contribution in [0.2, 0.25) is 0 Å². The van der Waals surface area contributed by atoms with Crippen LogP contribution in [0.3, 0.4) is 0 Å². The van der Waals surface area contributed by atoms with Gasteiger partial charge in [0.05, 0.1) is 5.60 Å². The fraction of sp³-hybridized carbons (Fsp3) is 0.375. The number of fused-ring (bicyclic) bond motifs is 2. The van der Waals surface area contributed by atoms with Crippen LogP contribution in [0.1, 0.15) is 60.5 Å². The van der Waals surface area contributed by atoms with Crippen molar-refractivity contribution in [3.63, 3.8) is 0 Å². The minimum absolute atomic E-state index is 0.624. The summed E-state index contributed by atoms with van der Waals surface area (Å²) in [7, 11) is 0. The van der Waals surface area contributed by atoms with Gasteiger partial charge in [-0.15, -0.1) is 0 Å². The van der Waals surface area contributed by atoms with E-state index in [1.54, 1.807) is 0 Å². The number of carboxylic acid groups (broad SMARTS) is 1. The van der Waals surface area contributed by atoms with Crippen LogP contribution in [-0.4, -0.2) is 44.6 Å². The van der Waals surface area contributed by atoms with Gasteiger partial charge in [0, 0.05) is 60.1 Å². The van der Waals surface area contributed by atoms with Gasteiger partial charge in [-0.3, -0.25) is 9.88 Å². The maximum absolute atomic E-state index is 12.6. The van der Waals surface area contributed by atoms with E-state index in [4.69, 9.17) is 9.72 Å². The Hall–Kier alpha value is -3.48. The van der Waals surface area contributed by atoms with E-state index in [2.05, 4.69) is 71.5 Å². The summed E-state index contributed by atoms with van der Waals surface area (Å²) in [5, 5.41) is 11.6. The van der Waals surface area contributed by atoms with Crippen molar-refractivity contribution >= 4 is 16.9 Å². The van der Waals surface area contributed by atoms with Crippen molar-refractivity contribution in [2.75, 3.05) is 13.1 Å². The SMILES string of the molecule is Cc1ccc(-c2c3c(nc(C)c2C(OC(C)(C)C)C(=O)O)CCN(CCc2c[nH]c4ccccc24)C3)cc1. The van der Waals surface area contributed by atoms with Gasteiger partial charge in [-0.1, -0.05) is 48.0 Å². The molecular weight excluding hydrogens is 474 g/mol. The Labute approximate surface area is 224 Å². The monoisotopic (exact) mass is 511 g/mol. The molecule has 1 aliphatic heterocycles. The number of rotatable bonds is 7. The van der Waals surface area contributed by atoms with Crippen LogP contribution in [-0.2, 0) is 28.9 Å². The molecule has 198 valence electrons. The minimum Gasteiger partial charge on any atom is -0.479 e. The summed E-state index contributed by atoms with van der Waals surface area (Å²) in [4.78, 5) is 23.4. The molecule has 38 heavy (non-hydrogen) atoms. The summed E-state index contributed by atoms with van der Waals surface area (Å²) in [5.41, 5.74) is 8.55. The minimum atomic E-state index is -1.11. The molecule has 0 aliphatic carbocycles. The number of para-hydroxylation sites is 1. The van der Waals surface area contributed by atoms with Crippen LogP contribution in [0.25, 0.3) is 22.0 Å². The summed E-state index contributed by atoms with van der Waals surface area (Å²) >= 11 is 0. The number of ether oxygens (including phenoxy) is 1. The maximum Gasteiger partial charge on any atom is 0.337 e. The number of hydrogen-bond acceptors (Lipinski definition) is 4. The first-order valence-electron chi connectivity index (χ1n) is 13.4. The van der Waals surface area contributed by atoms with Crippen LogP contribution < -0.4 is 0 Å². The van der Waals surface area contributed by atoms with E-state index in [1.165, 1.54) is 10.9 Å². The normalized spacial score (nSPS) is 15.0. The first kappa shape index (κ1) is 26.1. The standard InChI is InChI=1S/C32H37N3O3/c1-20-10-12-22(13-11-20)29-25-19-35(16-14-23-18-33-26-9-7-6-8-24(23)26)17-15-27(25)34-21(2)28(29)30(31(36)37)38-32(3,4)5/h6-13,18,30,33H,14-17,19H2,1-5H3,(H,36,37). The molecule has 2 N–H and O–H groups in total. The highest BCUT2D eigenvalue weighted by atomic mass is 16.5. The lowest BCUT2D eigenvalue weighted by Gasteiger charge is -2.33. The van der Waals surface area contributed by atoms with Crippen LogP contribution in [0.4, 0.5) is 0 Å². The van der Waals surface area contributed by atoms with Gasteiger partial charge in [-0.2, -0.15) is 0 Å². The number of H-pyrrole nitrogens is 1. The average molecular weight is 512 g/mol. The molecule has 6 heteroatoms. The molecule has 0 saturated carbocycles. The number of nitrogens with zero attached hydrogens (tertiary/aromatic N) is 2. The highest BCUT2D eigenvalue weighted by Gasteiger charge is 2.34. The molecule has 2 aromatic heterocycles. The Morgan fingerprint density at radius 3 is 2.58 bits per heavy atom. The van der Waals surface area contributed by atoms with E-state index < -0.39 is 17.7 Å². The lowest BCUT2D eigenvalue weighted by Crippen LogP contribution is -2.34. The highest BCUT2D eigenvalue weighted by molar-refractivity contribution is 5.83. The largest absolute Gasteiger partial charge is 0.479 e. The molecule has 0 amide bonds. The molecule has 0 saturated heterocycles. The first-order chi connectivity index (χ1) is 18.1. The molecule has 4 aromatic rings. The molecule has 1 atom stereocenters. The summed E-state index contributed by atoms with van der Waals surface area (Å²) < 4.78 is 6.15. The number of aryl methyl sites for hydroxylation is 2. The predicted molar refractivity (Wildman–Crippen MR) is 151 cm³/mol. The third-order valence-corrected chi connectivity index (χ3v) is 7.33. The van der Waals surface area contributed by atoms with Gasteiger partial charge in [0.25, 0.3) is 0 Å². The van der Waals surface area contributed by atoms with Crippen molar-refractivity contribution in [2.45, 2.75) is 65.7 Å². The van der Waals surface area contributed by atoms with E-state index in [9.17, 15) is 9.90 Å². The third-order valence-electron chi connectivity index (χ3n) is 7.33. The van der Waals surface area contributed by atoms with Crippen LogP contribution in [0.15, 0.2) is 54.7 Å². The summed E-state index contributed by atoms with van der Waals surface area (Å²) in [6.07, 6.45) is 2.78. The Morgan fingerprint density at radius 2 is 1.87 bits per heavy atom. The quantitative estimate of drug-likeness (QED) is 0.301. The van der Waals surface area contributed by atoms with Gasteiger partial charge < -0.3 is 14.8 Å². The summed E-state index contributed by atoms with van der Waals surface area (Å²) in [6.45, 7) is 12.2. The zero-order chi connectivity index (χ0) is 27.0. The second-order valence-electron chi connectivity index (χ2n) is 11.4. The maximum atomic E-state index is 12.6. The molecule has 0 fully saturated rings. The second-order valence-corrected chi connectivity index (χ2v) is 11.4. The van der Waals surface area contributed by atoms with E-state index in [0.29, 0.717) is 5.56 Å². The number of nitrogens with one attached hydrogen (secondary N) is 1. The fourth-order valence-electron chi connectivity index (χ4n) is 5.53. The van der Waals surface area contributed by atoms with Crippen LogP contribution in [0, 0.1) is 13.8 Å². The smallest absolute Gasteiger partial charge is 0.337 e. The number of benzene rings is 2. The molecule has 3 heterocycles. The Kier molecular flexibility index (Phi) is 7.12. The molecule has 0 radical (unpaired) electrons. The third kappa shape index (κ3) is 5.38. The van der Waals surface area contributed by atoms with Gasteiger partial charge in [-0.05, 0) is 69.4 Å². The molecule has 0 spiro atoms. The van der Waals surface area contributed by atoms with Crippen LogP contribution in [0.5, 0.6) is 0 Å². The van der Waals surface area contributed by atoms with Gasteiger partial charge in [-0.25, -0.2) is 4.79 Å². The van der Waals surface area contributed by atoms with E-state index in [-0.39, 0.29) is 0 Å². The zero-order valence-corrected chi connectivity index (χ0v) is 23.0. The zero-order valence-electron chi connectivity index (χ0n) is 23.0. The number of aromatic nitrogens is 2. The van der Waals surface area contributed by atoms with Gasteiger partial charge in [0.1, 0.15) is 0 Å². The van der Waals surface area contributed by atoms with Gasteiger partial charge in [0.15, 0.2) is 6.10 Å². The van der Waals surface area contributed by atoms with Crippen molar-refractivity contribution in [1.29, 1.82) is 0 Å². The topological polar surface area (TPSA) is 78.5 Å². The van der Waals surface area contributed by atoms with Crippen LogP contribution >= 0.6 is 0 Å². The van der Waals surface area contributed by atoms with Gasteiger partial charge >= 0.3 is 5.97 Å². The number of pyridine rings is 1. The van der Waals surface area contributed by atoms with Crippen molar-refractivity contribution in [2.24, 2.45) is 0 Å². The Bertz CT molecular complexity index is 1460. The molecule has 0 bridgehead atoms. The number of aromatic amines is 1. The molecular formula is C32H37N3O3. The first-order valence-corrected chi connectivity index (χ1v) is 13.4. The van der Waals surface area contributed by atoms with E-state index in [0.717, 1.165) is 71.6 Å². The molecule has 1 unspecified atom stereocenters. The highest BCUT2D eigenvalue weighted by Crippen LogP contribution is 2.40. The summed E-state index contributed by atoms with van der Waals surface area (Å²) in [5.74, 6) is -0.995. The van der Waals surface area contributed by atoms with Crippen molar-refractivity contribution in [3.05, 3.63) is 88.4 Å². The average Bonchev–Trinajstić information content (AvgIpc) is 3.28. The lowest BCUT2D eigenvalue weighted by atomic mass is 9.87. The molecule has 6 nitrogen and oxygen atoms in total. The number of carbonyl (C=O) groups is 1. The number of hydrogen-bond donors (Lipinski definition) is 2. The second kappa shape index (κ2) is 10.4. The molecule has 2 aromatic carbocycles.